The molecule has 0 aromatic rings. The summed E-state index contributed by atoms with van der Waals surface area (Å²) in [5.74, 6) is 0. The molecule has 0 spiro atoms. The van der Waals surface area contributed by atoms with E-state index in [0.717, 1.165) is 0 Å². The number of rotatable bonds is 5. The minimum atomic E-state index is -1.38. The molecule has 0 fully saturated rings. The molecule has 11 heavy (non-hydrogen) atoms. The van der Waals surface area contributed by atoms with Crippen molar-refractivity contribution in [2.24, 2.45) is 0 Å². The van der Waals surface area contributed by atoms with Gasteiger partial charge in [-0.1, -0.05) is 0 Å². The smallest absolute Gasteiger partial charge is 0.164 e. The second kappa shape index (κ2) is 8.19. The van der Waals surface area contributed by atoms with E-state index in [4.69, 9.17) is 20.4 Å². The maximum Gasteiger partial charge on any atom is 0.164 e. The topological polar surface area (TPSA) is 93.0 Å². The molecule has 0 saturated carbocycles. The van der Waals surface area contributed by atoms with Gasteiger partial charge in [-0.3, -0.25) is 0 Å². The lowest BCUT2D eigenvalue weighted by atomic mass is 10.4. The van der Waals surface area contributed by atoms with E-state index in [1.54, 1.807) is 0 Å². The predicted molar refractivity (Wildman–Crippen MR) is 41.2 cm³/mol. The summed E-state index contributed by atoms with van der Waals surface area (Å²) in [4.78, 5) is 0. The highest BCUT2D eigenvalue weighted by Crippen LogP contribution is 1.81. The van der Waals surface area contributed by atoms with Gasteiger partial charge in [0.15, 0.2) is 12.6 Å². The van der Waals surface area contributed by atoms with Crippen molar-refractivity contribution < 1.29 is 20.4 Å². The molecular weight excluding hydrogens is 174 g/mol. The predicted octanol–water partition coefficient (Wildman–Crippen LogP) is -1.99. The Balaban J connectivity index is 0. The van der Waals surface area contributed by atoms with Crippen molar-refractivity contribution in [2.75, 3.05) is 13.1 Å². The Hall–Kier alpha value is 0.0900. The fourth-order valence-corrected chi connectivity index (χ4v) is 0.462. The van der Waals surface area contributed by atoms with E-state index in [-0.39, 0.29) is 25.4 Å². The third-order valence-corrected chi connectivity index (χ3v) is 0.906. The Morgan fingerprint density at radius 3 is 1.91 bits per heavy atom. The lowest BCUT2D eigenvalue weighted by Crippen LogP contribution is -2.28. The van der Waals surface area contributed by atoms with E-state index in [2.05, 4.69) is 5.32 Å². The largest absolute Gasteiger partial charge is 0.368 e. The lowest BCUT2D eigenvalue weighted by molar-refractivity contribution is -0.0518. The van der Waals surface area contributed by atoms with Crippen molar-refractivity contribution in [1.82, 2.24) is 5.32 Å². The standard InChI is InChI=1S/C5H13NO4.ClH/c7-4(8)1-2-6-3-5(9)10;/h4-10H,1-3H2;1H. The van der Waals surface area contributed by atoms with Gasteiger partial charge >= 0.3 is 0 Å². The molecule has 0 aliphatic rings. The van der Waals surface area contributed by atoms with E-state index >= 15 is 0 Å². The Kier molecular flexibility index (Phi) is 10.2. The van der Waals surface area contributed by atoms with Crippen molar-refractivity contribution >= 4 is 12.4 Å². The van der Waals surface area contributed by atoms with Crippen molar-refractivity contribution in [1.29, 1.82) is 0 Å². The first-order valence-electron chi connectivity index (χ1n) is 3.06. The van der Waals surface area contributed by atoms with Gasteiger partial charge in [0.2, 0.25) is 0 Å². The fourth-order valence-electron chi connectivity index (χ4n) is 0.462. The highest BCUT2D eigenvalue weighted by Gasteiger charge is 1.98. The van der Waals surface area contributed by atoms with Crippen LogP contribution in [0.5, 0.6) is 0 Å². The Morgan fingerprint density at radius 2 is 1.55 bits per heavy atom. The van der Waals surface area contributed by atoms with Crippen LogP contribution in [-0.2, 0) is 0 Å². The molecule has 0 rings (SSSR count). The summed E-state index contributed by atoms with van der Waals surface area (Å²) in [5, 5.41) is 35.8. The van der Waals surface area contributed by atoms with Gasteiger partial charge in [0.05, 0.1) is 0 Å². The molecular formula is C5H14ClNO4. The summed E-state index contributed by atoms with van der Waals surface area (Å²) in [6.45, 7) is 0.405. The van der Waals surface area contributed by atoms with Gasteiger partial charge in [0.1, 0.15) is 0 Å². The molecule has 70 valence electrons. The molecule has 0 bridgehead atoms. The van der Waals surface area contributed by atoms with Gasteiger partial charge < -0.3 is 25.7 Å². The van der Waals surface area contributed by atoms with Crippen LogP contribution in [-0.4, -0.2) is 46.1 Å². The summed E-state index contributed by atoms with van der Waals surface area (Å²) in [5.41, 5.74) is 0. The van der Waals surface area contributed by atoms with Crippen molar-refractivity contribution in [3.8, 4) is 0 Å². The Labute approximate surface area is 71.1 Å². The molecule has 0 radical (unpaired) electrons. The zero-order valence-electron chi connectivity index (χ0n) is 5.97. The summed E-state index contributed by atoms with van der Waals surface area (Å²) >= 11 is 0. The molecule has 0 heterocycles. The molecule has 0 amide bonds. The number of aliphatic hydroxyl groups is 4. The second-order valence-electron chi connectivity index (χ2n) is 1.95. The maximum absolute atomic E-state index is 8.31. The van der Waals surface area contributed by atoms with Crippen LogP contribution in [0.25, 0.3) is 0 Å². The lowest BCUT2D eigenvalue weighted by Gasteiger charge is -2.06. The van der Waals surface area contributed by atoms with E-state index in [1.165, 1.54) is 0 Å². The molecule has 0 aliphatic heterocycles. The van der Waals surface area contributed by atoms with Gasteiger partial charge in [-0.05, 0) is 0 Å². The minimum Gasteiger partial charge on any atom is -0.368 e. The number of hydrogen-bond acceptors (Lipinski definition) is 5. The van der Waals surface area contributed by atoms with Gasteiger partial charge in [0.25, 0.3) is 0 Å². The van der Waals surface area contributed by atoms with Crippen LogP contribution in [0.15, 0.2) is 0 Å². The Morgan fingerprint density at radius 1 is 1.00 bits per heavy atom. The monoisotopic (exact) mass is 187 g/mol. The Bertz CT molecular complexity index is 70.9. The first-order chi connectivity index (χ1) is 4.63. The molecule has 0 aliphatic carbocycles. The molecule has 0 saturated heterocycles. The number of aliphatic hydroxyl groups excluding tert-OH is 2. The second-order valence-corrected chi connectivity index (χ2v) is 1.95. The fraction of sp³-hybridized carbons (Fsp3) is 1.00. The van der Waals surface area contributed by atoms with Crippen LogP contribution in [0, 0.1) is 0 Å². The van der Waals surface area contributed by atoms with Crippen molar-refractivity contribution in [2.45, 2.75) is 19.0 Å². The van der Waals surface area contributed by atoms with Gasteiger partial charge in [-0.15, -0.1) is 12.4 Å². The van der Waals surface area contributed by atoms with E-state index in [9.17, 15) is 0 Å². The molecule has 5 N–H and O–H groups in total. The average Bonchev–Trinajstić information content (AvgIpc) is 1.79. The summed E-state index contributed by atoms with van der Waals surface area (Å²) < 4.78 is 0. The minimum absolute atomic E-state index is 0. The summed E-state index contributed by atoms with van der Waals surface area (Å²) in [6.07, 6.45) is -2.52. The van der Waals surface area contributed by atoms with Crippen LogP contribution in [0.3, 0.4) is 0 Å². The summed E-state index contributed by atoms with van der Waals surface area (Å²) in [6, 6.07) is 0. The highest BCUT2D eigenvalue weighted by molar-refractivity contribution is 5.85. The average molecular weight is 188 g/mol. The molecule has 0 aromatic heterocycles. The van der Waals surface area contributed by atoms with Gasteiger partial charge in [-0.2, -0.15) is 0 Å². The highest BCUT2D eigenvalue weighted by atomic mass is 35.5. The van der Waals surface area contributed by atoms with Crippen molar-refractivity contribution in [3.05, 3.63) is 0 Å². The number of halogens is 1. The van der Waals surface area contributed by atoms with Gasteiger partial charge in [-0.25, -0.2) is 0 Å². The van der Waals surface area contributed by atoms with Crippen LogP contribution >= 0.6 is 12.4 Å². The van der Waals surface area contributed by atoms with Crippen LogP contribution in [0.1, 0.15) is 6.42 Å². The maximum atomic E-state index is 8.31. The van der Waals surface area contributed by atoms with Crippen LogP contribution in [0.4, 0.5) is 0 Å². The number of nitrogens with one attached hydrogen (secondary N) is 1. The van der Waals surface area contributed by atoms with E-state index in [1.807, 2.05) is 0 Å². The van der Waals surface area contributed by atoms with Crippen LogP contribution in [0.2, 0.25) is 0 Å². The zero-order valence-corrected chi connectivity index (χ0v) is 6.79. The first kappa shape index (κ1) is 13.7. The third-order valence-electron chi connectivity index (χ3n) is 0.906. The molecule has 0 aromatic carbocycles. The number of hydrogen-bond donors (Lipinski definition) is 5. The zero-order chi connectivity index (χ0) is 7.98. The first-order valence-corrected chi connectivity index (χ1v) is 3.06. The van der Waals surface area contributed by atoms with Gasteiger partial charge in [0, 0.05) is 19.5 Å². The van der Waals surface area contributed by atoms with E-state index < -0.39 is 12.6 Å². The van der Waals surface area contributed by atoms with Crippen molar-refractivity contribution in [3.63, 3.8) is 0 Å². The van der Waals surface area contributed by atoms with Crippen LogP contribution < -0.4 is 5.32 Å². The molecule has 6 heteroatoms. The molecule has 0 atom stereocenters. The SMILES string of the molecule is Cl.OC(O)CCNCC(O)O. The quantitative estimate of drug-likeness (QED) is 0.254. The van der Waals surface area contributed by atoms with E-state index in [0.29, 0.717) is 6.54 Å². The third kappa shape index (κ3) is 13.1. The molecule has 5 nitrogen and oxygen atoms in total. The normalized spacial score (nSPS) is 10.4. The molecule has 0 unspecified atom stereocenters. The summed E-state index contributed by atoms with van der Waals surface area (Å²) in [7, 11) is 0.